The Kier molecular flexibility index (Phi) is 10.9. The first-order chi connectivity index (χ1) is 21.8. The van der Waals surface area contributed by atoms with Gasteiger partial charge in [0.1, 0.15) is 28.9 Å². The van der Waals surface area contributed by atoms with Gasteiger partial charge >= 0.3 is 12.2 Å². The number of hydrogen-bond donors (Lipinski definition) is 1. The largest absolute Gasteiger partial charge is 0.494 e. The van der Waals surface area contributed by atoms with Gasteiger partial charge in [0, 0.05) is 24.7 Å². The smallest absolute Gasteiger partial charge is 0.425 e. The molecule has 1 aliphatic rings. The summed E-state index contributed by atoms with van der Waals surface area (Å²) in [6.07, 6.45) is 7.46. The van der Waals surface area contributed by atoms with Crippen molar-refractivity contribution in [3.05, 3.63) is 84.0 Å². The molecule has 45 heavy (non-hydrogen) atoms. The summed E-state index contributed by atoms with van der Waals surface area (Å²) in [5, 5.41) is 18.5. The zero-order chi connectivity index (χ0) is 32.5. The van der Waals surface area contributed by atoms with Crippen LogP contribution in [-0.4, -0.2) is 52.4 Å². The van der Waals surface area contributed by atoms with E-state index in [9.17, 15) is 14.9 Å². The molecule has 0 unspecified atom stereocenters. The van der Waals surface area contributed by atoms with Crippen molar-refractivity contribution in [2.75, 3.05) is 29.9 Å². The lowest BCUT2D eigenvalue weighted by Gasteiger charge is -2.34. The Labute approximate surface area is 264 Å². The predicted molar refractivity (Wildman–Crippen MR) is 174 cm³/mol. The molecule has 11 nitrogen and oxygen atoms in total. The number of ether oxygens (including phenoxy) is 3. The first-order valence-electron chi connectivity index (χ1n) is 15.0. The summed E-state index contributed by atoms with van der Waals surface area (Å²) in [5.41, 5.74) is 2.53. The Balaban J connectivity index is 1.88. The van der Waals surface area contributed by atoms with E-state index in [4.69, 9.17) is 14.2 Å². The fourth-order valence-corrected chi connectivity index (χ4v) is 5.16. The van der Waals surface area contributed by atoms with Crippen LogP contribution in [0, 0.1) is 11.3 Å². The molecule has 236 valence electrons. The van der Waals surface area contributed by atoms with Gasteiger partial charge in [0.2, 0.25) is 0 Å². The minimum absolute atomic E-state index is 0.192. The lowest BCUT2D eigenvalue weighted by molar-refractivity contribution is 0.117. The SMILES string of the molecule is C=CCc1c(N[C@H]2CCCN(C(=O)O/C(C)=C\C)C2)c(C#N)c2ccnn2c1N(C(=O)O/C(C)=C/C)c1ccc(OCC)cc1. The Morgan fingerprint density at radius 3 is 2.51 bits per heavy atom. The summed E-state index contributed by atoms with van der Waals surface area (Å²) in [6.45, 7) is 14.3. The molecule has 2 aromatic heterocycles. The number of nitrogens with zero attached hydrogens (tertiary/aromatic N) is 5. The van der Waals surface area contributed by atoms with Crippen LogP contribution < -0.4 is 15.0 Å². The van der Waals surface area contributed by atoms with E-state index < -0.39 is 12.2 Å². The number of carbonyl (C=O) groups is 2. The highest BCUT2D eigenvalue weighted by molar-refractivity contribution is 5.99. The van der Waals surface area contributed by atoms with E-state index in [0.717, 1.165) is 12.8 Å². The number of piperidine rings is 1. The van der Waals surface area contributed by atoms with Gasteiger partial charge < -0.3 is 24.4 Å². The number of carbonyl (C=O) groups excluding carboxylic acids is 2. The number of nitrogens with one attached hydrogen (secondary N) is 1. The standard InChI is InChI=1S/C34H40N6O5/c1-7-12-28-31(37-25-13-11-20-38(22-25)33(41)44-23(5)8-2)29(21-35)30-18-19-36-40(30)32(28)39(34(42)45-24(6)9-3)26-14-16-27(17-15-26)43-10-4/h7-9,14-19,25,37H,1,10-13,20,22H2,2-6H3/b23-8-,24-9+/t25-/m0/s1. The van der Waals surface area contributed by atoms with Crippen LogP contribution in [0.5, 0.6) is 5.75 Å². The van der Waals surface area contributed by atoms with Crippen molar-refractivity contribution in [1.82, 2.24) is 14.5 Å². The first-order valence-corrected chi connectivity index (χ1v) is 15.0. The summed E-state index contributed by atoms with van der Waals surface area (Å²) < 4.78 is 18.4. The number of benzene rings is 1. The number of aromatic nitrogens is 2. The summed E-state index contributed by atoms with van der Waals surface area (Å²) in [6, 6.07) is 11.0. The number of fused-ring (bicyclic) bond motifs is 1. The third-order valence-electron chi connectivity index (χ3n) is 7.52. The molecule has 1 fully saturated rings. The van der Waals surface area contributed by atoms with E-state index in [2.05, 4.69) is 23.1 Å². The molecule has 0 aliphatic carbocycles. The fourth-order valence-electron chi connectivity index (χ4n) is 5.16. The van der Waals surface area contributed by atoms with Gasteiger partial charge in [-0.3, -0.25) is 0 Å². The number of likely N-dealkylation sites (tertiary alicyclic amines) is 1. The predicted octanol–water partition coefficient (Wildman–Crippen LogP) is 7.47. The highest BCUT2D eigenvalue weighted by Crippen LogP contribution is 2.39. The van der Waals surface area contributed by atoms with E-state index in [-0.39, 0.29) is 6.04 Å². The molecule has 1 atom stereocenters. The molecule has 3 aromatic rings. The molecule has 1 saturated heterocycles. The van der Waals surface area contributed by atoms with Crippen LogP contribution in [0.1, 0.15) is 58.6 Å². The quantitative estimate of drug-likeness (QED) is 0.185. The second-order valence-corrected chi connectivity index (χ2v) is 10.5. The van der Waals surface area contributed by atoms with Crippen molar-refractivity contribution in [2.45, 2.75) is 59.9 Å². The van der Waals surface area contributed by atoms with E-state index in [1.54, 1.807) is 84.9 Å². The molecule has 0 bridgehead atoms. The Morgan fingerprint density at radius 2 is 1.87 bits per heavy atom. The van der Waals surface area contributed by atoms with E-state index in [1.807, 2.05) is 13.8 Å². The highest BCUT2D eigenvalue weighted by Gasteiger charge is 2.32. The van der Waals surface area contributed by atoms with Gasteiger partial charge in [-0.2, -0.15) is 10.4 Å². The minimum Gasteiger partial charge on any atom is -0.494 e. The Hall–Kier alpha value is -5.24. The van der Waals surface area contributed by atoms with Crippen LogP contribution in [0.2, 0.25) is 0 Å². The number of allylic oxidation sites excluding steroid dienone is 5. The fraction of sp³-hybridized carbons (Fsp3) is 0.353. The zero-order valence-corrected chi connectivity index (χ0v) is 26.5. The number of rotatable bonds is 10. The van der Waals surface area contributed by atoms with Crippen LogP contribution in [-0.2, 0) is 15.9 Å². The van der Waals surface area contributed by atoms with Crippen molar-refractivity contribution < 1.29 is 23.8 Å². The van der Waals surface area contributed by atoms with Crippen LogP contribution in [0.4, 0.5) is 26.8 Å². The van der Waals surface area contributed by atoms with Gasteiger partial charge in [0.05, 0.1) is 29.7 Å². The Bertz CT molecular complexity index is 1650. The van der Waals surface area contributed by atoms with E-state index in [0.29, 0.717) is 77.2 Å². The maximum atomic E-state index is 13.9. The molecule has 1 aliphatic heterocycles. The number of hydrogen-bond acceptors (Lipinski definition) is 8. The van der Waals surface area contributed by atoms with Crippen molar-refractivity contribution in [1.29, 1.82) is 5.26 Å². The molecule has 1 N–H and O–H groups in total. The average Bonchev–Trinajstić information content (AvgIpc) is 3.53. The molecular weight excluding hydrogens is 572 g/mol. The number of nitriles is 1. The summed E-state index contributed by atoms with van der Waals surface area (Å²) in [4.78, 5) is 29.9. The van der Waals surface area contributed by atoms with E-state index in [1.165, 1.54) is 4.90 Å². The van der Waals surface area contributed by atoms with Gasteiger partial charge in [0.25, 0.3) is 0 Å². The molecule has 1 aromatic carbocycles. The van der Waals surface area contributed by atoms with Gasteiger partial charge in [-0.25, -0.2) is 19.0 Å². The number of anilines is 3. The van der Waals surface area contributed by atoms with Gasteiger partial charge in [-0.05, 0) is 96.4 Å². The monoisotopic (exact) mass is 612 g/mol. The van der Waals surface area contributed by atoms with Gasteiger partial charge in [0.15, 0.2) is 5.82 Å². The maximum Gasteiger partial charge on any atom is 0.425 e. The van der Waals surface area contributed by atoms with Crippen LogP contribution in [0.3, 0.4) is 0 Å². The third-order valence-corrected chi connectivity index (χ3v) is 7.52. The van der Waals surface area contributed by atoms with Crippen molar-refractivity contribution in [2.24, 2.45) is 0 Å². The molecule has 3 heterocycles. The normalized spacial score (nSPS) is 15.3. The molecule has 0 saturated carbocycles. The van der Waals surface area contributed by atoms with Crippen LogP contribution >= 0.6 is 0 Å². The van der Waals surface area contributed by atoms with Gasteiger partial charge in [-0.15, -0.1) is 6.58 Å². The maximum absolute atomic E-state index is 13.9. The van der Waals surface area contributed by atoms with Gasteiger partial charge in [-0.1, -0.05) is 6.08 Å². The minimum atomic E-state index is -0.654. The van der Waals surface area contributed by atoms with Crippen molar-refractivity contribution in [3.63, 3.8) is 0 Å². The summed E-state index contributed by atoms with van der Waals surface area (Å²) in [7, 11) is 0. The molecule has 4 rings (SSSR count). The zero-order valence-electron chi connectivity index (χ0n) is 26.5. The van der Waals surface area contributed by atoms with Crippen LogP contribution in [0.15, 0.2) is 72.9 Å². The molecule has 11 heteroatoms. The second kappa shape index (κ2) is 15.0. The molecule has 0 radical (unpaired) electrons. The summed E-state index contributed by atoms with van der Waals surface area (Å²) >= 11 is 0. The van der Waals surface area contributed by atoms with Crippen molar-refractivity contribution >= 4 is 34.9 Å². The first kappa shape index (κ1) is 32.7. The van der Waals surface area contributed by atoms with Crippen LogP contribution in [0.25, 0.3) is 5.52 Å². The average molecular weight is 613 g/mol. The molecular formula is C34H40N6O5. The number of amides is 2. The highest BCUT2D eigenvalue weighted by atomic mass is 16.6. The number of pyridine rings is 1. The summed E-state index contributed by atoms with van der Waals surface area (Å²) in [5.74, 6) is 2.00. The lowest BCUT2D eigenvalue weighted by atomic mass is 10.0. The van der Waals surface area contributed by atoms with Crippen molar-refractivity contribution in [3.8, 4) is 11.8 Å². The Morgan fingerprint density at radius 1 is 1.16 bits per heavy atom. The topological polar surface area (TPSA) is 121 Å². The molecule has 2 amide bonds. The lowest BCUT2D eigenvalue weighted by Crippen LogP contribution is -2.45. The third kappa shape index (κ3) is 7.29. The van der Waals surface area contributed by atoms with E-state index >= 15 is 0 Å². The molecule has 0 spiro atoms. The second-order valence-electron chi connectivity index (χ2n) is 10.5.